The fraction of sp³-hybridized carbons (Fsp3) is 0.0625. The van der Waals surface area contributed by atoms with Gasteiger partial charge in [-0.3, -0.25) is 0 Å². The van der Waals surface area contributed by atoms with Gasteiger partial charge in [0.05, 0.1) is 11.2 Å². The number of benzene rings is 2. The number of rotatable bonds is 2. The summed E-state index contributed by atoms with van der Waals surface area (Å²) in [4.78, 5) is 8.85. The zero-order valence-corrected chi connectivity index (χ0v) is 11.0. The summed E-state index contributed by atoms with van der Waals surface area (Å²) in [6, 6.07) is 15.9. The van der Waals surface area contributed by atoms with Crippen LogP contribution in [0.1, 0.15) is 11.4 Å². The molecule has 0 atom stereocenters. The molecule has 4 nitrogen and oxygen atoms in total. The molecule has 3 rings (SSSR count). The number of nitrogens with zero attached hydrogens (tertiary/aromatic N) is 3. The number of aryl methyl sites for hydroxylation is 1. The van der Waals surface area contributed by atoms with Crippen LogP contribution in [0.3, 0.4) is 0 Å². The Bertz CT molecular complexity index is 782. The van der Waals surface area contributed by atoms with Crippen LogP contribution in [0.2, 0.25) is 0 Å². The van der Waals surface area contributed by atoms with E-state index < -0.39 is 0 Å². The molecule has 0 saturated carbocycles. The maximum atomic E-state index is 8.69. The first-order chi connectivity index (χ1) is 9.78. The van der Waals surface area contributed by atoms with Crippen molar-refractivity contribution in [2.45, 2.75) is 6.92 Å². The molecular formula is C16H13N3O. The second-order valence-electron chi connectivity index (χ2n) is 4.56. The molecule has 1 heterocycles. The topological polar surface area (TPSA) is 58.4 Å². The second kappa shape index (κ2) is 5.09. The van der Waals surface area contributed by atoms with Gasteiger partial charge in [-0.1, -0.05) is 47.1 Å². The first kappa shape index (κ1) is 12.3. The van der Waals surface area contributed by atoms with Gasteiger partial charge >= 0.3 is 0 Å². The third-order valence-electron chi connectivity index (χ3n) is 3.09. The molecule has 0 unspecified atom stereocenters. The lowest BCUT2D eigenvalue weighted by Crippen LogP contribution is -1.98. The summed E-state index contributed by atoms with van der Waals surface area (Å²) in [6.07, 6.45) is 1.24. The van der Waals surface area contributed by atoms with Gasteiger partial charge in [-0.2, -0.15) is 0 Å². The van der Waals surface area contributed by atoms with Crippen LogP contribution >= 0.6 is 0 Å². The van der Waals surface area contributed by atoms with E-state index in [2.05, 4.69) is 21.2 Å². The summed E-state index contributed by atoms with van der Waals surface area (Å²) in [5.41, 5.74) is 3.84. The van der Waals surface area contributed by atoms with E-state index in [4.69, 9.17) is 5.21 Å². The van der Waals surface area contributed by atoms with E-state index in [0.717, 1.165) is 27.7 Å². The molecule has 0 saturated heterocycles. The molecule has 0 aliphatic rings. The van der Waals surface area contributed by atoms with Crippen LogP contribution in [0.15, 0.2) is 53.7 Å². The van der Waals surface area contributed by atoms with Gasteiger partial charge in [0.15, 0.2) is 5.82 Å². The number of oxime groups is 1. The highest BCUT2D eigenvalue weighted by molar-refractivity contribution is 5.94. The van der Waals surface area contributed by atoms with E-state index in [0.29, 0.717) is 5.82 Å². The molecular weight excluding hydrogens is 250 g/mol. The Balaban J connectivity index is 2.34. The van der Waals surface area contributed by atoms with Crippen molar-refractivity contribution in [3.8, 4) is 11.3 Å². The first-order valence-electron chi connectivity index (χ1n) is 6.29. The maximum Gasteiger partial charge on any atom is 0.175 e. The lowest BCUT2D eigenvalue weighted by molar-refractivity contribution is 0.321. The fourth-order valence-electron chi connectivity index (χ4n) is 2.19. The fourth-order valence-corrected chi connectivity index (χ4v) is 2.19. The lowest BCUT2D eigenvalue weighted by Gasteiger charge is -2.07. The molecule has 0 radical (unpaired) electrons. The Labute approximate surface area is 116 Å². The Morgan fingerprint density at radius 2 is 1.85 bits per heavy atom. The van der Waals surface area contributed by atoms with E-state index in [9.17, 15) is 0 Å². The number of aromatic nitrogens is 2. The minimum atomic E-state index is 0.391. The molecule has 0 bridgehead atoms. The molecule has 0 spiro atoms. The Hall–Kier alpha value is -2.75. The monoisotopic (exact) mass is 263 g/mol. The standard InChI is InChI=1S/C16H13N3O/c1-11-7-8-14-13(9-11)16(12-5-3-2-4-6-12)19-15(18-14)10-17-20/h2-10,20H,1H3/b17-10+. The van der Waals surface area contributed by atoms with Crippen molar-refractivity contribution < 1.29 is 5.21 Å². The molecule has 1 aromatic heterocycles. The summed E-state index contributed by atoms with van der Waals surface area (Å²) in [5, 5.41) is 12.7. The summed E-state index contributed by atoms with van der Waals surface area (Å²) < 4.78 is 0. The van der Waals surface area contributed by atoms with Crippen molar-refractivity contribution in [3.05, 3.63) is 59.9 Å². The van der Waals surface area contributed by atoms with Gasteiger partial charge in [0.1, 0.15) is 6.21 Å². The third-order valence-corrected chi connectivity index (χ3v) is 3.09. The van der Waals surface area contributed by atoms with Crippen molar-refractivity contribution in [2.24, 2.45) is 5.16 Å². The van der Waals surface area contributed by atoms with Gasteiger partial charge < -0.3 is 5.21 Å². The predicted molar refractivity (Wildman–Crippen MR) is 79.1 cm³/mol. The highest BCUT2D eigenvalue weighted by Gasteiger charge is 2.09. The van der Waals surface area contributed by atoms with Gasteiger partial charge in [0.25, 0.3) is 0 Å². The first-order valence-corrected chi connectivity index (χ1v) is 6.29. The van der Waals surface area contributed by atoms with E-state index in [1.54, 1.807) is 0 Å². The number of hydrogen-bond acceptors (Lipinski definition) is 4. The molecule has 98 valence electrons. The largest absolute Gasteiger partial charge is 0.411 e. The average molecular weight is 263 g/mol. The van der Waals surface area contributed by atoms with Crippen LogP contribution in [0, 0.1) is 6.92 Å². The Kier molecular flexibility index (Phi) is 3.13. The molecule has 20 heavy (non-hydrogen) atoms. The SMILES string of the molecule is Cc1ccc2nc(/C=N/O)nc(-c3ccccc3)c2c1. The highest BCUT2D eigenvalue weighted by atomic mass is 16.4. The molecule has 1 N–H and O–H groups in total. The van der Waals surface area contributed by atoms with Crippen molar-refractivity contribution in [2.75, 3.05) is 0 Å². The van der Waals surface area contributed by atoms with Gasteiger partial charge in [0, 0.05) is 10.9 Å². The molecule has 0 fully saturated rings. The predicted octanol–water partition coefficient (Wildman–Crippen LogP) is 3.41. The molecule has 3 aromatic rings. The van der Waals surface area contributed by atoms with Crippen LogP contribution in [0.25, 0.3) is 22.2 Å². The van der Waals surface area contributed by atoms with Crippen molar-refractivity contribution >= 4 is 17.1 Å². The minimum absolute atomic E-state index is 0.391. The molecule has 4 heteroatoms. The lowest BCUT2D eigenvalue weighted by atomic mass is 10.0. The minimum Gasteiger partial charge on any atom is -0.411 e. The maximum absolute atomic E-state index is 8.69. The van der Waals surface area contributed by atoms with E-state index >= 15 is 0 Å². The van der Waals surface area contributed by atoms with Crippen molar-refractivity contribution in [1.82, 2.24) is 9.97 Å². The van der Waals surface area contributed by atoms with Gasteiger partial charge in [-0.05, 0) is 19.1 Å². The number of fused-ring (bicyclic) bond motifs is 1. The van der Waals surface area contributed by atoms with Crippen LogP contribution in [-0.2, 0) is 0 Å². The van der Waals surface area contributed by atoms with Crippen LogP contribution in [0.4, 0.5) is 0 Å². The van der Waals surface area contributed by atoms with E-state index in [1.807, 2.05) is 49.4 Å². The van der Waals surface area contributed by atoms with Crippen molar-refractivity contribution in [1.29, 1.82) is 0 Å². The summed E-state index contributed by atoms with van der Waals surface area (Å²) in [5.74, 6) is 0.391. The van der Waals surface area contributed by atoms with Crippen LogP contribution in [-0.4, -0.2) is 21.4 Å². The molecule has 0 aliphatic heterocycles. The third kappa shape index (κ3) is 2.23. The van der Waals surface area contributed by atoms with Crippen LogP contribution < -0.4 is 0 Å². The number of hydrogen-bond donors (Lipinski definition) is 1. The molecule has 0 aliphatic carbocycles. The molecule has 2 aromatic carbocycles. The normalized spacial score (nSPS) is 11.2. The van der Waals surface area contributed by atoms with Gasteiger partial charge in [0.2, 0.25) is 0 Å². The Morgan fingerprint density at radius 3 is 2.60 bits per heavy atom. The van der Waals surface area contributed by atoms with E-state index in [-0.39, 0.29) is 0 Å². The quantitative estimate of drug-likeness (QED) is 0.438. The summed E-state index contributed by atoms with van der Waals surface area (Å²) in [7, 11) is 0. The second-order valence-corrected chi connectivity index (χ2v) is 4.56. The highest BCUT2D eigenvalue weighted by Crippen LogP contribution is 2.26. The molecule has 0 amide bonds. The zero-order valence-electron chi connectivity index (χ0n) is 11.0. The zero-order chi connectivity index (χ0) is 13.9. The summed E-state index contributed by atoms with van der Waals surface area (Å²) >= 11 is 0. The average Bonchev–Trinajstić information content (AvgIpc) is 2.48. The summed E-state index contributed by atoms with van der Waals surface area (Å²) in [6.45, 7) is 2.04. The van der Waals surface area contributed by atoms with Crippen LogP contribution in [0.5, 0.6) is 0 Å². The smallest absolute Gasteiger partial charge is 0.175 e. The van der Waals surface area contributed by atoms with E-state index in [1.165, 1.54) is 6.21 Å². The van der Waals surface area contributed by atoms with Gasteiger partial charge in [-0.15, -0.1) is 0 Å². The van der Waals surface area contributed by atoms with Gasteiger partial charge in [-0.25, -0.2) is 9.97 Å². The van der Waals surface area contributed by atoms with Crippen molar-refractivity contribution in [3.63, 3.8) is 0 Å². The Morgan fingerprint density at radius 1 is 1.05 bits per heavy atom.